The minimum Gasteiger partial charge on any atom is -0.302 e. The Morgan fingerprint density at radius 1 is 0.737 bits per heavy atom. The molecule has 5 nitrogen and oxygen atoms in total. The molecule has 0 radical (unpaired) electrons. The standard InChI is InChI=1S/C33H45N3O2/c1-21(37)32-33(38)36(31-13-6-5-12-30(31)34-32)29-19-26-10-7-11-27(20-29)35(26)28-17-22-14-23(18-28)16-25(15-22)24-8-3-2-4-9-24/h5-6,12-13,22-29H,2-4,7-11,14-20H2,1H3. The van der Waals surface area contributed by atoms with Crippen molar-refractivity contribution in [2.24, 2.45) is 23.7 Å². The van der Waals surface area contributed by atoms with Crippen molar-refractivity contribution in [2.45, 2.75) is 127 Å². The molecule has 3 saturated carbocycles. The fourth-order valence-electron chi connectivity index (χ4n) is 10.0. The van der Waals surface area contributed by atoms with Gasteiger partial charge in [0.15, 0.2) is 11.5 Å². The van der Waals surface area contributed by atoms with Gasteiger partial charge in [0.05, 0.1) is 11.0 Å². The molecule has 0 spiro atoms. The number of Topliss-reactive ketones (excluding diaryl/α,β-unsaturated/α-hetero) is 1. The maximum atomic E-state index is 13.6. The molecule has 4 unspecified atom stereocenters. The monoisotopic (exact) mass is 515 g/mol. The van der Waals surface area contributed by atoms with Crippen LogP contribution in [-0.4, -0.2) is 38.4 Å². The maximum Gasteiger partial charge on any atom is 0.280 e. The quantitative estimate of drug-likeness (QED) is 0.414. The number of ketones is 1. The number of piperidine rings is 2. The summed E-state index contributed by atoms with van der Waals surface area (Å²) in [6, 6.07) is 9.90. The van der Waals surface area contributed by atoms with E-state index in [1.807, 2.05) is 28.8 Å². The van der Waals surface area contributed by atoms with E-state index in [2.05, 4.69) is 9.88 Å². The van der Waals surface area contributed by atoms with Crippen molar-refractivity contribution in [3.8, 4) is 0 Å². The van der Waals surface area contributed by atoms with Crippen LogP contribution in [0.3, 0.4) is 0 Å². The number of aromatic nitrogens is 2. The Bertz CT molecular complexity index is 1220. The first-order valence-corrected chi connectivity index (χ1v) is 15.8. The minimum absolute atomic E-state index is 0.101. The van der Waals surface area contributed by atoms with E-state index in [1.165, 1.54) is 90.4 Å². The Morgan fingerprint density at radius 3 is 2.11 bits per heavy atom. The maximum absolute atomic E-state index is 13.6. The second-order valence-corrected chi connectivity index (χ2v) is 13.7. The Balaban J connectivity index is 1.12. The van der Waals surface area contributed by atoms with E-state index in [-0.39, 0.29) is 23.1 Å². The zero-order valence-corrected chi connectivity index (χ0v) is 23.2. The van der Waals surface area contributed by atoms with E-state index >= 15 is 0 Å². The summed E-state index contributed by atoms with van der Waals surface area (Å²) >= 11 is 0. The topological polar surface area (TPSA) is 55.2 Å². The molecule has 38 heavy (non-hydrogen) atoms. The summed E-state index contributed by atoms with van der Waals surface area (Å²) < 4.78 is 1.96. The molecular formula is C33H45N3O2. The van der Waals surface area contributed by atoms with Gasteiger partial charge in [-0.05, 0) is 93.6 Å². The number of carbonyl (C=O) groups is 1. The number of fused-ring (bicyclic) bond motifs is 5. The van der Waals surface area contributed by atoms with Gasteiger partial charge >= 0.3 is 0 Å². The highest BCUT2D eigenvalue weighted by molar-refractivity contribution is 5.93. The van der Waals surface area contributed by atoms with Crippen LogP contribution >= 0.6 is 0 Å². The zero-order chi connectivity index (χ0) is 25.8. The predicted octanol–water partition coefficient (Wildman–Crippen LogP) is 6.93. The minimum atomic E-state index is -0.229. The first-order chi connectivity index (χ1) is 18.5. The number of benzene rings is 1. The number of rotatable bonds is 4. The summed E-state index contributed by atoms with van der Waals surface area (Å²) in [5, 5.41) is 0. The first kappa shape index (κ1) is 25.0. The average molecular weight is 516 g/mol. The number of hydrogen-bond donors (Lipinski definition) is 0. The van der Waals surface area contributed by atoms with Crippen molar-refractivity contribution < 1.29 is 4.79 Å². The fraction of sp³-hybridized carbons (Fsp3) is 0.727. The molecule has 4 bridgehead atoms. The van der Waals surface area contributed by atoms with E-state index in [0.29, 0.717) is 12.1 Å². The van der Waals surface area contributed by atoms with Gasteiger partial charge in [-0.3, -0.25) is 14.5 Å². The largest absolute Gasteiger partial charge is 0.302 e. The summed E-state index contributed by atoms with van der Waals surface area (Å²) in [6.07, 6.45) is 20.6. The van der Waals surface area contributed by atoms with E-state index in [0.717, 1.165) is 53.6 Å². The molecular weight excluding hydrogens is 470 g/mol. The van der Waals surface area contributed by atoms with E-state index in [1.54, 1.807) is 0 Å². The molecule has 2 aromatic rings. The van der Waals surface area contributed by atoms with Gasteiger partial charge < -0.3 is 4.57 Å². The van der Waals surface area contributed by atoms with Crippen LogP contribution in [0.5, 0.6) is 0 Å². The van der Waals surface area contributed by atoms with Crippen LogP contribution in [-0.2, 0) is 0 Å². The van der Waals surface area contributed by atoms with Crippen molar-refractivity contribution in [1.29, 1.82) is 0 Å². The summed E-state index contributed by atoms with van der Waals surface area (Å²) in [5.74, 6) is 3.67. The normalized spacial score (nSPS) is 36.3. The molecule has 7 rings (SSSR count). The van der Waals surface area contributed by atoms with Crippen LogP contribution in [0.1, 0.15) is 120 Å². The molecule has 3 aliphatic carbocycles. The van der Waals surface area contributed by atoms with Crippen LogP contribution < -0.4 is 5.56 Å². The Hall–Kier alpha value is -2.01. The second-order valence-electron chi connectivity index (χ2n) is 13.7. The molecule has 5 heteroatoms. The van der Waals surface area contributed by atoms with Crippen molar-refractivity contribution in [1.82, 2.24) is 14.5 Å². The average Bonchev–Trinajstić information content (AvgIpc) is 2.92. The molecule has 5 fully saturated rings. The molecule has 1 aromatic heterocycles. The molecule has 2 aliphatic heterocycles. The molecule has 4 atom stereocenters. The lowest BCUT2D eigenvalue weighted by atomic mass is 9.61. The molecule has 3 heterocycles. The van der Waals surface area contributed by atoms with Crippen molar-refractivity contribution in [3.63, 3.8) is 0 Å². The van der Waals surface area contributed by atoms with Gasteiger partial charge in [0, 0.05) is 31.1 Å². The smallest absolute Gasteiger partial charge is 0.280 e. The molecule has 0 amide bonds. The Kier molecular flexibility index (Phi) is 6.70. The third-order valence-electron chi connectivity index (χ3n) is 11.4. The highest BCUT2D eigenvalue weighted by atomic mass is 16.1. The van der Waals surface area contributed by atoms with Crippen LogP contribution in [0, 0.1) is 23.7 Å². The van der Waals surface area contributed by atoms with Gasteiger partial charge in [-0.2, -0.15) is 0 Å². The lowest BCUT2D eigenvalue weighted by Crippen LogP contribution is -2.59. The number of carbonyl (C=O) groups excluding carboxylic acids is 1. The molecule has 5 aliphatic rings. The lowest BCUT2D eigenvalue weighted by molar-refractivity contribution is -0.0571. The van der Waals surface area contributed by atoms with Crippen LogP contribution in [0.4, 0.5) is 0 Å². The predicted molar refractivity (Wildman–Crippen MR) is 151 cm³/mol. The summed E-state index contributed by atoms with van der Waals surface area (Å²) in [6.45, 7) is 1.47. The van der Waals surface area contributed by atoms with Crippen molar-refractivity contribution in [2.75, 3.05) is 0 Å². The van der Waals surface area contributed by atoms with Crippen LogP contribution in [0.25, 0.3) is 11.0 Å². The first-order valence-electron chi connectivity index (χ1n) is 15.8. The molecule has 1 aromatic carbocycles. The molecule has 2 saturated heterocycles. The Labute approximate surface area is 227 Å². The fourth-order valence-corrected chi connectivity index (χ4v) is 10.0. The van der Waals surface area contributed by atoms with Gasteiger partial charge in [0.2, 0.25) is 0 Å². The number of para-hydroxylation sites is 2. The van der Waals surface area contributed by atoms with Gasteiger partial charge in [-0.1, -0.05) is 50.7 Å². The van der Waals surface area contributed by atoms with Gasteiger partial charge in [0.25, 0.3) is 5.56 Å². The molecule has 0 N–H and O–H groups in total. The SMILES string of the molecule is CC(=O)c1nc2ccccc2n(C2CC3CCCC(C2)N3C2CC3CC(CC(C4CCCCC4)C3)C2)c1=O. The Morgan fingerprint density at radius 2 is 1.42 bits per heavy atom. The highest BCUT2D eigenvalue weighted by Gasteiger charge is 2.47. The number of hydrogen-bond acceptors (Lipinski definition) is 4. The van der Waals surface area contributed by atoms with Crippen molar-refractivity contribution >= 4 is 16.8 Å². The summed E-state index contributed by atoms with van der Waals surface area (Å²) in [7, 11) is 0. The lowest BCUT2D eigenvalue weighted by Gasteiger charge is -2.56. The van der Waals surface area contributed by atoms with Crippen molar-refractivity contribution in [3.05, 3.63) is 40.3 Å². The van der Waals surface area contributed by atoms with Gasteiger partial charge in [0.1, 0.15) is 0 Å². The van der Waals surface area contributed by atoms with E-state index < -0.39 is 0 Å². The third kappa shape index (κ3) is 4.47. The van der Waals surface area contributed by atoms with Gasteiger partial charge in [-0.25, -0.2) is 4.98 Å². The second kappa shape index (κ2) is 10.2. The van der Waals surface area contributed by atoms with E-state index in [4.69, 9.17) is 0 Å². The van der Waals surface area contributed by atoms with Crippen LogP contribution in [0.2, 0.25) is 0 Å². The zero-order valence-electron chi connectivity index (χ0n) is 23.2. The summed E-state index contributed by atoms with van der Waals surface area (Å²) in [5.41, 5.74) is 1.56. The van der Waals surface area contributed by atoms with Crippen LogP contribution in [0.15, 0.2) is 29.1 Å². The third-order valence-corrected chi connectivity index (χ3v) is 11.4. The van der Waals surface area contributed by atoms with Gasteiger partial charge in [-0.15, -0.1) is 0 Å². The summed E-state index contributed by atoms with van der Waals surface area (Å²) in [4.78, 5) is 33.4. The number of nitrogens with zero attached hydrogens (tertiary/aromatic N) is 3. The van der Waals surface area contributed by atoms with E-state index in [9.17, 15) is 9.59 Å². The highest BCUT2D eigenvalue weighted by Crippen LogP contribution is 2.51. The molecule has 204 valence electrons.